The van der Waals surface area contributed by atoms with Gasteiger partial charge in [-0.3, -0.25) is 4.98 Å². The summed E-state index contributed by atoms with van der Waals surface area (Å²) < 4.78 is 10.1. The normalized spacial score (nSPS) is 11.6. The molecule has 5 aromatic carbocycles. The van der Waals surface area contributed by atoms with Gasteiger partial charge in [0.25, 0.3) is 0 Å². The Morgan fingerprint density at radius 3 is 2.29 bits per heavy atom. The van der Waals surface area contributed by atoms with E-state index in [1.165, 1.54) is 37.4 Å². The summed E-state index contributed by atoms with van der Waals surface area (Å²) in [5.41, 5.74) is 11.6. The van der Waals surface area contributed by atoms with Crippen molar-refractivity contribution in [3.05, 3.63) is 155 Å². The molecule has 0 amide bonds. The Morgan fingerprint density at radius 1 is 0.814 bits per heavy atom. The van der Waals surface area contributed by atoms with Crippen LogP contribution in [0.3, 0.4) is 0 Å². The summed E-state index contributed by atoms with van der Waals surface area (Å²) in [7, 11) is 0. The van der Waals surface area contributed by atoms with E-state index in [-0.39, 0.29) is 20.1 Å². The van der Waals surface area contributed by atoms with Crippen LogP contribution in [0, 0.1) is 30.4 Å². The van der Waals surface area contributed by atoms with Crippen LogP contribution in [-0.2, 0) is 26.7 Å². The molecule has 0 atom stereocenters. The van der Waals surface area contributed by atoms with Crippen molar-refractivity contribution in [1.29, 1.82) is 5.26 Å². The first-order valence-corrected chi connectivity index (χ1v) is 27.3. The first kappa shape index (κ1) is 41.8. The zero-order chi connectivity index (χ0) is 40.7. The van der Waals surface area contributed by atoms with E-state index < -0.39 is 13.3 Å². The predicted molar refractivity (Wildman–Crippen MR) is 241 cm³/mol. The van der Waals surface area contributed by atoms with Crippen molar-refractivity contribution >= 4 is 61.5 Å². The van der Waals surface area contributed by atoms with Gasteiger partial charge in [0, 0.05) is 32.0 Å². The van der Waals surface area contributed by atoms with Crippen molar-refractivity contribution in [3.8, 4) is 28.7 Å². The molecule has 1 radical (unpaired) electrons. The first-order chi connectivity index (χ1) is 27.9. The molecule has 0 saturated heterocycles. The molecular formula is C51H47GeIrN5O-2. The fraction of sp³-hybridized carbons (Fsp3) is 0.216. The number of nitrogens with zero attached hydrogens (tertiary/aromatic N) is 5. The molecule has 297 valence electrons. The molecule has 0 saturated carbocycles. The summed E-state index contributed by atoms with van der Waals surface area (Å²) in [6.07, 6.45) is 2.04. The largest absolute Gasteiger partial charge is 0 e. The molecule has 9 rings (SSSR count). The second-order valence-electron chi connectivity index (χ2n) is 16.7. The minimum atomic E-state index is -1.73. The number of benzene rings is 5. The Balaban J connectivity index is 0.000000247. The van der Waals surface area contributed by atoms with Crippen molar-refractivity contribution in [2.75, 3.05) is 0 Å². The van der Waals surface area contributed by atoms with Crippen LogP contribution < -0.4 is 4.40 Å². The van der Waals surface area contributed by atoms with Gasteiger partial charge >= 0.3 is 106 Å². The van der Waals surface area contributed by atoms with E-state index in [9.17, 15) is 5.26 Å². The van der Waals surface area contributed by atoms with E-state index in [1.807, 2.05) is 36.5 Å². The van der Waals surface area contributed by atoms with Gasteiger partial charge in [-0.2, -0.15) is 5.26 Å². The standard InChI is InChI=1S/C36H29N4O.C15H18GeN.Ir/c1-21(2)29-18-23-10-5-6-11-25(23)33(22(3)4)30(29)20-40-32-15-8-7-14-31(32)39-35(40)28-13-9-12-26-27-17-16-24(19-37)38-36(27)41-34(26)28;1-12-5-7-13(8-6-12)15-10-9-14(11-17-15)16(2,3)4;/h5-12,14-18,21-22H,20H2,1-4H3;5-7,9-11H,1-4H3;/q2*-1;. The average Bonchev–Trinajstić information content (AvgIpc) is 3.78. The molecule has 0 N–H and O–H groups in total. The molecule has 0 unspecified atom stereocenters. The number of fused-ring (bicyclic) bond motifs is 5. The number of imidazole rings is 1. The van der Waals surface area contributed by atoms with E-state index in [0.29, 0.717) is 35.4 Å². The van der Waals surface area contributed by atoms with E-state index in [2.05, 4.69) is 157 Å². The third-order valence-corrected chi connectivity index (χ3v) is 15.2. The monoisotopic (exact) mass is 1010 g/mol. The third kappa shape index (κ3) is 8.28. The fourth-order valence-corrected chi connectivity index (χ4v) is 10.1. The quantitative estimate of drug-likeness (QED) is 0.117. The van der Waals surface area contributed by atoms with E-state index >= 15 is 0 Å². The van der Waals surface area contributed by atoms with Gasteiger partial charge in [0.1, 0.15) is 11.8 Å². The molecule has 0 aliphatic heterocycles. The molecule has 0 aliphatic rings. The van der Waals surface area contributed by atoms with Crippen LogP contribution in [-0.4, -0.2) is 32.8 Å². The number of hydrogen-bond acceptors (Lipinski definition) is 5. The van der Waals surface area contributed by atoms with Gasteiger partial charge < -0.3 is 8.98 Å². The van der Waals surface area contributed by atoms with Gasteiger partial charge in [-0.25, -0.2) is 4.98 Å². The zero-order valence-corrected chi connectivity index (χ0v) is 39.3. The van der Waals surface area contributed by atoms with Gasteiger partial charge in [0.2, 0.25) is 5.71 Å². The summed E-state index contributed by atoms with van der Waals surface area (Å²) in [5.74, 6) is 8.65. The van der Waals surface area contributed by atoms with E-state index in [1.54, 1.807) is 6.07 Å². The molecule has 59 heavy (non-hydrogen) atoms. The second-order valence-corrected chi connectivity index (χ2v) is 27.4. The Hall–Kier alpha value is -5.39. The van der Waals surface area contributed by atoms with Gasteiger partial charge in [-0.1, -0.05) is 81.1 Å². The van der Waals surface area contributed by atoms with Crippen LogP contribution in [0.4, 0.5) is 0 Å². The number of pyridine rings is 2. The maximum atomic E-state index is 9.38. The van der Waals surface area contributed by atoms with E-state index in [4.69, 9.17) is 9.40 Å². The van der Waals surface area contributed by atoms with Crippen LogP contribution in [0.25, 0.3) is 66.5 Å². The first-order valence-electron chi connectivity index (χ1n) is 20.0. The number of aryl methyl sites for hydroxylation is 1. The van der Waals surface area contributed by atoms with Crippen LogP contribution in [0.1, 0.15) is 67.5 Å². The summed E-state index contributed by atoms with van der Waals surface area (Å²) in [5, 5.41) is 13.8. The van der Waals surface area contributed by atoms with Crippen molar-refractivity contribution in [2.24, 2.45) is 0 Å². The average molecular weight is 1010 g/mol. The number of rotatable bonds is 7. The molecule has 4 heterocycles. The molecule has 0 bridgehead atoms. The summed E-state index contributed by atoms with van der Waals surface area (Å²) in [6.45, 7) is 11.9. The molecule has 9 aromatic rings. The smallest absolute Gasteiger partial charge is 0 e. The number of nitriles is 1. The minimum Gasteiger partial charge on any atom is 0 e. The topological polar surface area (TPSA) is 80.5 Å². The Labute approximate surface area is 363 Å². The number of para-hydroxylation sites is 2. The van der Waals surface area contributed by atoms with Crippen LogP contribution in [0.2, 0.25) is 17.3 Å². The van der Waals surface area contributed by atoms with Crippen molar-refractivity contribution in [2.45, 2.75) is 70.3 Å². The summed E-state index contributed by atoms with van der Waals surface area (Å²) in [4.78, 5) is 14.1. The molecular weight excluding hydrogens is 963 g/mol. The molecule has 4 aromatic heterocycles. The van der Waals surface area contributed by atoms with Crippen LogP contribution in [0.15, 0.2) is 120 Å². The van der Waals surface area contributed by atoms with Gasteiger partial charge in [0.15, 0.2) is 0 Å². The van der Waals surface area contributed by atoms with Crippen molar-refractivity contribution < 1.29 is 24.5 Å². The van der Waals surface area contributed by atoms with Gasteiger partial charge in [-0.15, -0.1) is 18.2 Å². The van der Waals surface area contributed by atoms with Crippen molar-refractivity contribution in [3.63, 3.8) is 0 Å². The second kappa shape index (κ2) is 17.1. The van der Waals surface area contributed by atoms with Gasteiger partial charge in [-0.05, 0) is 63.6 Å². The fourth-order valence-electron chi connectivity index (χ4n) is 7.89. The molecule has 6 nitrogen and oxygen atoms in total. The van der Waals surface area contributed by atoms with Crippen LogP contribution >= 0.6 is 0 Å². The zero-order valence-electron chi connectivity index (χ0n) is 34.8. The minimum absolute atomic E-state index is 0. The maximum absolute atomic E-state index is 9.38. The Bertz CT molecular complexity index is 2990. The predicted octanol–water partition coefficient (Wildman–Crippen LogP) is 12.5. The van der Waals surface area contributed by atoms with Crippen LogP contribution in [0.5, 0.6) is 0 Å². The Morgan fingerprint density at radius 2 is 1.59 bits per heavy atom. The van der Waals surface area contributed by atoms with E-state index in [0.717, 1.165) is 44.5 Å². The summed E-state index contributed by atoms with van der Waals surface area (Å²) >= 11 is -1.73. The molecule has 8 heteroatoms. The van der Waals surface area contributed by atoms with Gasteiger partial charge in [0.05, 0.1) is 22.4 Å². The maximum Gasteiger partial charge on any atom is 0 e. The number of furan rings is 1. The number of hydrogen-bond donors (Lipinski definition) is 0. The van der Waals surface area contributed by atoms with Crippen molar-refractivity contribution in [1.82, 2.24) is 19.5 Å². The molecule has 0 fully saturated rings. The molecule has 0 aliphatic carbocycles. The summed E-state index contributed by atoms with van der Waals surface area (Å²) in [6, 6.07) is 46.3. The Kier molecular flexibility index (Phi) is 12.1. The number of aromatic nitrogens is 4. The SMILES string of the molecule is CC(C)c1cc2ccccc2c(C(C)C)c1Cn1c(-c2[c-]ccc3c2oc2nc(C#N)ccc23)nc2ccccc21.Cc1c[c-]c(-c2cc[c]([Ge]([CH3])([CH3])[CH3])cn2)cc1.[Ir]. The molecule has 0 spiro atoms. The third-order valence-electron chi connectivity index (χ3n) is 10.9.